The molecule has 2 amide bonds. The number of anilines is 1. The second-order valence-electron chi connectivity index (χ2n) is 8.14. The largest absolute Gasteiger partial charge is 0.378 e. The zero-order chi connectivity index (χ0) is 23.7. The van der Waals surface area contributed by atoms with Gasteiger partial charge in [0.05, 0.1) is 30.3 Å². The molecule has 9 heteroatoms. The Morgan fingerprint density at radius 1 is 1.09 bits per heavy atom. The summed E-state index contributed by atoms with van der Waals surface area (Å²) in [6.45, 7) is 4.67. The molecule has 1 fully saturated rings. The number of aromatic nitrogens is 2. The fraction of sp³-hybridized carbons (Fsp3) is 0.240. The predicted molar refractivity (Wildman–Crippen MR) is 129 cm³/mol. The molecule has 5 rings (SSSR count). The number of nitrogens with one attached hydrogen (secondary N) is 1. The molecule has 1 aliphatic rings. The standard InChI is InChI=1S/C25H23FN4O3S/c1-16-21-14-22(34-25(21)30(28-16)15-17-2-6-19(26)7-3-17)23(31)27-20-8-4-18(5-9-20)24(32)29-10-12-33-13-11-29/h2-9,14H,10-13,15H2,1H3,(H,27,31). The van der Waals surface area contributed by atoms with Crippen LogP contribution in [0.3, 0.4) is 0 Å². The SMILES string of the molecule is Cc1nn(Cc2ccc(F)cc2)c2sc(C(=O)Nc3ccc(C(=O)N4CCOCC4)cc3)cc12. The van der Waals surface area contributed by atoms with Crippen molar-refractivity contribution in [3.63, 3.8) is 0 Å². The summed E-state index contributed by atoms with van der Waals surface area (Å²) in [6.07, 6.45) is 0. The third kappa shape index (κ3) is 4.57. The number of thiophene rings is 1. The third-order valence-corrected chi connectivity index (χ3v) is 6.91. The monoisotopic (exact) mass is 478 g/mol. The first-order valence-electron chi connectivity index (χ1n) is 11.0. The van der Waals surface area contributed by atoms with E-state index in [9.17, 15) is 14.0 Å². The molecule has 1 aliphatic heterocycles. The van der Waals surface area contributed by atoms with Gasteiger partial charge in [0.25, 0.3) is 11.8 Å². The van der Waals surface area contributed by atoms with Crippen LogP contribution < -0.4 is 5.32 Å². The maximum atomic E-state index is 13.2. The fourth-order valence-electron chi connectivity index (χ4n) is 3.93. The van der Waals surface area contributed by atoms with Crippen molar-refractivity contribution in [3.05, 3.63) is 82.1 Å². The molecular formula is C25H23FN4O3S. The van der Waals surface area contributed by atoms with Crippen molar-refractivity contribution in [1.29, 1.82) is 0 Å². The number of ether oxygens (including phenoxy) is 1. The minimum Gasteiger partial charge on any atom is -0.378 e. The van der Waals surface area contributed by atoms with Crippen LogP contribution in [0.15, 0.2) is 54.6 Å². The average Bonchev–Trinajstić information content (AvgIpc) is 3.42. The number of aryl methyl sites for hydroxylation is 1. The number of morpholine rings is 1. The molecule has 1 N–H and O–H groups in total. The summed E-state index contributed by atoms with van der Waals surface area (Å²) in [4.78, 5) is 28.7. The van der Waals surface area contributed by atoms with Gasteiger partial charge in [-0.05, 0) is 55.0 Å². The molecule has 4 aromatic rings. The van der Waals surface area contributed by atoms with Crippen LogP contribution in [0.25, 0.3) is 10.2 Å². The molecule has 2 aromatic carbocycles. The molecule has 1 saturated heterocycles. The van der Waals surface area contributed by atoms with E-state index in [-0.39, 0.29) is 17.6 Å². The number of benzene rings is 2. The lowest BCUT2D eigenvalue weighted by Crippen LogP contribution is -2.40. The molecular weight excluding hydrogens is 455 g/mol. The van der Waals surface area contributed by atoms with Gasteiger partial charge in [0, 0.05) is 29.7 Å². The van der Waals surface area contributed by atoms with Gasteiger partial charge in [-0.2, -0.15) is 5.10 Å². The Labute approximate surface area is 199 Å². The second kappa shape index (κ2) is 9.36. The molecule has 7 nitrogen and oxygen atoms in total. The summed E-state index contributed by atoms with van der Waals surface area (Å²) < 4.78 is 20.3. The van der Waals surface area contributed by atoms with E-state index in [1.54, 1.807) is 41.3 Å². The van der Waals surface area contributed by atoms with E-state index in [0.717, 1.165) is 21.5 Å². The third-order valence-electron chi connectivity index (χ3n) is 5.76. The molecule has 0 aliphatic carbocycles. The van der Waals surface area contributed by atoms with Crippen molar-refractivity contribution in [3.8, 4) is 0 Å². The summed E-state index contributed by atoms with van der Waals surface area (Å²) in [7, 11) is 0. The number of hydrogen-bond acceptors (Lipinski definition) is 5. The van der Waals surface area contributed by atoms with Gasteiger partial charge >= 0.3 is 0 Å². The highest BCUT2D eigenvalue weighted by Crippen LogP contribution is 2.29. The molecule has 0 radical (unpaired) electrons. The van der Waals surface area contributed by atoms with E-state index in [0.29, 0.717) is 49.0 Å². The van der Waals surface area contributed by atoms with Crippen LogP contribution in [0, 0.1) is 12.7 Å². The van der Waals surface area contributed by atoms with Crippen molar-refractivity contribution in [2.45, 2.75) is 13.5 Å². The zero-order valence-corrected chi connectivity index (χ0v) is 19.4. The van der Waals surface area contributed by atoms with Crippen LogP contribution in [-0.2, 0) is 11.3 Å². The Kier molecular flexibility index (Phi) is 6.12. The Bertz CT molecular complexity index is 1340. The van der Waals surface area contributed by atoms with Gasteiger partial charge in [0.15, 0.2) is 0 Å². The maximum absolute atomic E-state index is 13.2. The van der Waals surface area contributed by atoms with E-state index < -0.39 is 0 Å². The lowest BCUT2D eigenvalue weighted by molar-refractivity contribution is 0.0303. The average molecular weight is 479 g/mol. The van der Waals surface area contributed by atoms with E-state index in [1.165, 1.54) is 23.5 Å². The summed E-state index contributed by atoms with van der Waals surface area (Å²) in [5.74, 6) is -0.535. The number of fused-ring (bicyclic) bond motifs is 1. The molecule has 0 spiro atoms. The first kappa shape index (κ1) is 22.2. The summed E-state index contributed by atoms with van der Waals surface area (Å²) in [5.41, 5.74) is 2.96. The van der Waals surface area contributed by atoms with Crippen LogP contribution in [0.4, 0.5) is 10.1 Å². The van der Waals surface area contributed by atoms with E-state index in [1.807, 2.05) is 17.7 Å². The normalized spacial score (nSPS) is 13.9. The number of hydrogen-bond donors (Lipinski definition) is 1. The van der Waals surface area contributed by atoms with Crippen molar-refractivity contribution in [1.82, 2.24) is 14.7 Å². The molecule has 3 heterocycles. The van der Waals surface area contributed by atoms with Crippen LogP contribution in [0.5, 0.6) is 0 Å². The fourth-order valence-corrected chi connectivity index (χ4v) is 4.99. The highest BCUT2D eigenvalue weighted by molar-refractivity contribution is 7.20. The highest BCUT2D eigenvalue weighted by atomic mass is 32.1. The zero-order valence-electron chi connectivity index (χ0n) is 18.6. The quantitative estimate of drug-likeness (QED) is 0.464. The summed E-state index contributed by atoms with van der Waals surface area (Å²) in [6, 6.07) is 15.1. The van der Waals surface area contributed by atoms with E-state index in [2.05, 4.69) is 10.4 Å². The summed E-state index contributed by atoms with van der Waals surface area (Å²) >= 11 is 1.36. The van der Waals surface area contributed by atoms with Gasteiger partial charge in [0.2, 0.25) is 0 Å². The van der Waals surface area contributed by atoms with E-state index >= 15 is 0 Å². The lowest BCUT2D eigenvalue weighted by atomic mass is 10.1. The van der Waals surface area contributed by atoms with Gasteiger partial charge in [-0.1, -0.05) is 12.1 Å². The number of amides is 2. The van der Waals surface area contributed by atoms with E-state index in [4.69, 9.17) is 4.74 Å². The molecule has 0 bridgehead atoms. The van der Waals surface area contributed by atoms with Crippen molar-refractivity contribution < 1.29 is 18.7 Å². The molecule has 174 valence electrons. The van der Waals surface area contributed by atoms with Crippen molar-refractivity contribution >= 4 is 39.1 Å². The lowest BCUT2D eigenvalue weighted by Gasteiger charge is -2.26. The van der Waals surface area contributed by atoms with Crippen LogP contribution >= 0.6 is 11.3 Å². The maximum Gasteiger partial charge on any atom is 0.265 e. The number of carbonyl (C=O) groups excluding carboxylic acids is 2. The Balaban J connectivity index is 1.29. The second-order valence-corrected chi connectivity index (χ2v) is 9.17. The molecule has 0 unspecified atom stereocenters. The van der Waals surface area contributed by atoms with Crippen LogP contribution in [-0.4, -0.2) is 52.8 Å². The van der Waals surface area contributed by atoms with Crippen LogP contribution in [0.2, 0.25) is 0 Å². The smallest absolute Gasteiger partial charge is 0.265 e. The number of nitrogens with zero attached hydrogens (tertiary/aromatic N) is 3. The first-order valence-corrected chi connectivity index (χ1v) is 11.8. The van der Waals surface area contributed by atoms with Gasteiger partial charge in [-0.25, -0.2) is 4.39 Å². The Morgan fingerprint density at radius 3 is 2.50 bits per heavy atom. The van der Waals surface area contributed by atoms with Gasteiger partial charge < -0.3 is 15.0 Å². The number of carbonyl (C=O) groups is 2. The predicted octanol–water partition coefficient (Wildman–Crippen LogP) is 4.32. The highest BCUT2D eigenvalue weighted by Gasteiger charge is 2.19. The van der Waals surface area contributed by atoms with Gasteiger partial charge in [0.1, 0.15) is 10.6 Å². The van der Waals surface area contributed by atoms with Crippen molar-refractivity contribution in [2.24, 2.45) is 0 Å². The molecule has 0 atom stereocenters. The van der Waals surface area contributed by atoms with Gasteiger partial charge in [-0.15, -0.1) is 11.3 Å². The minimum absolute atomic E-state index is 0.0353. The summed E-state index contributed by atoms with van der Waals surface area (Å²) in [5, 5.41) is 8.40. The molecule has 0 saturated carbocycles. The van der Waals surface area contributed by atoms with Crippen molar-refractivity contribution in [2.75, 3.05) is 31.6 Å². The number of rotatable bonds is 5. The van der Waals surface area contributed by atoms with Crippen LogP contribution in [0.1, 0.15) is 31.3 Å². The Morgan fingerprint density at radius 2 is 1.79 bits per heavy atom. The first-order chi connectivity index (χ1) is 16.5. The number of halogens is 1. The minimum atomic E-state index is -0.279. The molecule has 2 aromatic heterocycles. The topological polar surface area (TPSA) is 76.5 Å². The van der Waals surface area contributed by atoms with Gasteiger partial charge in [-0.3, -0.25) is 14.3 Å². The Hall–Kier alpha value is -3.56. The molecule has 34 heavy (non-hydrogen) atoms.